The van der Waals surface area contributed by atoms with Gasteiger partial charge in [0.05, 0.1) is 18.9 Å². The van der Waals surface area contributed by atoms with Crippen LogP contribution in [-0.2, 0) is 0 Å². The lowest BCUT2D eigenvalue weighted by atomic mass is 10.3. The van der Waals surface area contributed by atoms with Crippen LogP contribution in [0.25, 0.3) is 10.2 Å². The molecule has 1 aromatic heterocycles. The standard InChI is InChI=1S/C10H10N2O3S/c1-14-5-3-6(15-2)8-7(4-5)16-10(12-8)9(11)13/h3-4H,1-2H3,(H2,11,13). The summed E-state index contributed by atoms with van der Waals surface area (Å²) < 4.78 is 11.1. The first-order chi connectivity index (χ1) is 7.65. The summed E-state index contributed by atoms with van der Waals surface area (Å²) in [7, 11) is 3.11. The van der Waals surface area contributed by atoms with Crippen molar-refractivity contribution in [2.24, 2.45) is 5.73 Å². The highest BCUT2D eigenvalue weighted by atomic mass is 32.1. The summed E-state index contributed by atoms with van der Waals surface area (Å²) in [6, 6.07) is 3.51. The average molecular weight is 238 g/mol. The fourth-order valence-corrected chi connectivity index (χ4v) is 2.22. The Kier molecular flexibility index (Phi) is 2.66. The van der Waals surface area contributed by atoms with Crippen LogP contribution in [0.1, 0.15) is 9.80 Å². The molecule has 0 bridgehead atoms. The van der Waals surface area contributed by atoms with Crippen LogP contribution in [0.2, 0.25) is 0 Å². The molecule has 2 N–H and O–H groups in total. The Bertz CT molecular complexity index is 550. The molecule has 0 atom stereocenters. The summed E-state index contributed by atoms with van der Waals surface area (Å²) in [5, 5.41) is 0.265. The maximum absolute atomic E-state index is 11.0. The largest absolute Gasteiger partial charge is 0.497 e. The molecule has 2 aromatic rings. The van der Waals surface area contributed by atoms with Crippen LogP contribution in [0.4, 0.5) is 0 Å². The minimum Gasteiger partial charge on any atom is -0.497 e. The normalized spacial score (nSPS) is 10.4. The van der Waals surface area contributed by atoms with Gasteiger partial charge in [-0.3, -0.25) is 4.79 Å². The average Bonchev–Trinajstić information content (AvgIpc) is 2.71. The predicted molar refractivity (Wildman–Crippen MR) is 61.2 cm³/mol. The highest BCUT2D eigenvalue weighted by molar-refractivity contribution is 7.20. The van der Waals surface area contributed by atoms with Gasteiger partial charge in [0, 0.05) is 6.07 Å². The maximum Gasteiger partial charge on any atom is 0.277 e. The molecule has 0 saturated heterocycles. The van der Waals surface area contributed by atoms with Crippen LogP contribution in [0.15, 0.2) is 12.1 Å². The first kappa shape index (κ1) is 10.7. The SMILES string of the molecule is COc1cc(OC)c2nc(C(N)=O)sc2c1. The number of rotatable bonds is 3. The smallest absolute Gasteiger partial charge is 0.277 e. The van der Waals surface area contributed by atoms with E-state index in [2.05, 4.69) is 4.98 Å². The zero-order valence-electron chi connectivity index (χ0n) is 8.81. The second kappa shape index (κ2) is 3.97. The molecule has 0 aliphatic carbocycles. The first-order valence-corrected chi connectivity index (χ1v) is 5.29. The van der Waals surface area contributed by atoms with E-state index < -0.39 is 5.91 Å². The van der Waals surface area contributed by atoms with Gasteiger partial charge in [-0.15, -0.1) is 11.3 Å². The molecule has 84 valence electrons. The number of fused-ring (bicyclic) bond motifs is 1. The van der Waals surface area contributed by atoms with E-state index in [0.717, 1.165) is 4.70 Å². The molecule has 0 aliphatic rings. The van der Waals surface area contributed by atoms with Crippen molar-refractivity contribution in [2.45, 2.75) is 0 Å². The lowest BCUT2D eigenvalue weighted by Crippen LogP contribution is -2.09. The highest BCUT2D eigenvalue weighted by Gasteiger charge is 2.13. The number of thiazole rings is 1. The van der Waals surface area contributed by atoms with Gasteiger partial charge in [0.25, 0.3) is 5.91 Å². The van der Waals surface area contributed by atoms with Crippen LogP contribution < -0.4 is 15.2 Å². The van der Waals surface area contributed by atoms with Crippen LogP contribution in [0, 0.1) is 0 Å². The monoisotopic (exact) mass is 238 g/mol. The van der Waals surface area contributed by atoms with Crippen LogP contribution >= 0.6 is 11.3 Å². The minimum atomic E-state index is -0.540. The third kappa shape index (κ3) is 1.67. The van der Waals surface area contributed by atoms with Gasteiger partial charge in [0.1, 0.15) is 17.0 Å². The topological polar surface area (TPSA) is 74.4 Å². The zero-order valence-corrected chi connectivity index (χ0v) is 9.63. The number of methoxy groups -OCH3 is 2. The molecule has 16 heavy (non-hydrogen) atoms. The Hall–Kier alpha value is -1.82. The van der Waals surface area contributed by atoms with Gasteiger partial charge in [-0.2, -0.15) is 0 Å². The van der Waals surface area contributed by atoms with E-state index in [1.54, 1.807) is 19.2 Å². The van der Waals surface area contributed by atoms with Crippen molar-refractivity contribution in [3.63, 3.8) is 0 Å². The van der Waals surface area contributed by atoms with Crippen molar-refractivity contribution in [3.8, 4) is 11.5 Å². The van der Waals surface area contributed by atoms with Crippen molar-refractivity contribution in [2.75, 3.05) is 14.2 Å². The van der Waals surface area contributed by atoms with Crippen molar-refractivity contribution >= 4 is 27.5 Å². The molecule has 6 heteroatoms. The van der Waals surface area contributed by atoms with Gasteiger partial charge in [-0.1, -0.05) is 0 Å². The van der Waals surface area contributed by atoms with Crippen LogP contribution in [-0.4, -0.2) is 25.1 Å². The molecular weight excluding hydrogens is 228 g/mol. The highest BCUT2D eigenvalue weighted by Crippen LogP contribution is 2.34. The number of primary amides is 1. The number of ether oxygens (including phenoxy) is 2. The minimum absolute atomic E-state index is 0.265. The van der Waals surface area contributed by atoms with E-state index in [4.69, 9.17) is 15.2 Å². The van der Waals surface area contributed by atoms with Gasteiger partial charge < -0.3 is 15.2 Å². The Labute approximate surface area is 95.8 Å². The predicted octanol–water partition coefficient (Wildman–Crippen LogP) is 1.41. The van der Waals surface area contributed by atoms with E-state index >= 15 is 0 Å². The summed E-state index contributed by atoms with van der Waals surface area (Å²) in [6.45, 7) is 0. The van der Waals surface area contributed by atoms with Crippen LogP contribution in [0.3, 0.4) is 0 Å². The van der Waals surface area contributed by atoms with Crippen molar-refractivity contribution < 1.29 is 14.3 Å². The Morgan fingerprint density at radius 3 is 2.69 bits per heavy atom. The van der Waals surface area contributed by atoms with Crippen LogP contribution in [0.5, 0.6) is 11.5 Å². The molecule has 0 aliphatic heterocycles. The van der Waals surface area contributed by atoms with Gasteiger partial charge in [-0.05, 0) is 6.07 Å². The Balaban J connectivity index is 2.69. The molecule has 0 fully saturated rings. The number of carbonyl (C=O) groups is 1. The number of benzene rings is 1. The third-order valence-electron chi connectivity index (χ3n) is 2.10. The van der Waals surface area contributed by atoms with Gasteiger partial charge in [0.15, 0.2) is 5.01 Å². The van der Waals surface area contributed by atoms with Gasteiger partial charge in [0.2, 0.25) is 0 Å². The summed E-state index contributed by atoms with van der Waals surface area (Å²) in [5.74, 6) is 0.685. The second-order valence-electron chi connectivity index (χ2n) is 3.06. The van der Waals surface area contributed by atoms with Crippen molar-refractivity contribution in [1.82, 2.24) is 4.98 Å². The molecular formula is C10H10N2O3S. The number of hydrogen-bond donors (Lipinski definition) is 1. The second-order valence-corrected chi connectivity index (χ2v) is 4.09. The number of carbonyl (C=O) groups excluding carboxylic acids is 1. The lowest BCUT2D eigenvalue weighted by Gasteiger charge is -2.03. The molecule has 1 amide bonds. The van der Waals surface area contributed by atoms with Gasteiger partial charge >= 0.3 is 0 Å². The number of amides is 1. The fourth-order valence-electron chi connectivity index (χ4n) is 1.35. The quantitative estimate of drug-likeness (QED) is 0.877. The Morgan fingerprint density at radius 1 is 1.38 bits per heavy atom. The molecule has 1 heterocycles. The molecule has 0 spiro atoms. The third-order valence-corrected chi connectivity index (χ3v) is 3.12. The van der Waals surface area contributed by atoms with E-state index in [9.17, 15) is 4.79 Å². The molecule has 0 unspecified atom stereocenters. The summed E-state index contributed by atoms with van der Waals surface area (Å²) in [5.41, 5.74) is 5.80. The maximum atomic E-state index is 11.0. The van der Waals surface area contributed by atoms with E-state index in [1.165, 1.54) is 18.4 Å². The lowest BCUT2D eigenvalue weighted by molar-refractivity contribution is 0.1000. The van der Waals surface area contributed by atoms with Crippen molar-refractivity contribution in [3.05, 3.63) is 17.1 Å². The fraction of sp³-hybridized carbons (Fsp3) is 0.200. The van der Waals surface area contributed by atoms with Crippen molar-refractivity contribution in [1.29, 1.82) is 0 Å². The molecule has 5 nitrogen and oxygen atoms in total. The Morgan fingerprint density at radius 2 is 2.12 bits per heavy atom. The zero-order chi connectivity index (χ0) is 11.7. The first-order valence-electron chi connectivity index (χ1n) is 4.48. The number of nitrogens with zero attached hydrogens (tertiary/aromatic N) is 1. The van der Waals surface area contributed by atoms with Gasteiger partial charge in [-0.25, -0.2) is 4.98 Å². The summed E-state index contributed by atoms with van der Waals surface area (Å²) in [6.07, 6.45) is 0. The summed E-state index contributed by atoms with van der Waals surface area (Å²) in [4.78, 5) is 15.1. The van der Waals surface area contributed by atoms with E-state index in [0.29, 0.717) is 17.0 Å². The molecule has 0 saturated carbocycles. The van der Waals surface area contributed by atoms with E-state index in [-0.39, 0.29) is 5.01 Å². The molecule has 2 rings (SSSR count). The summed E-state index contributed by atoms with van der Waals surface area (Å²) >= 11 is 1.22. The molecule has 0 radical (unpaired) electrons. The molecule has 1 aromatic carbocycles. The number of hydrogen-bond acceptors (Lipinski definition) is 5. The van der Waals surface area contributed by atoms with E-state index in [1.807, 2.05) is 0 Å². The number of nitrogens with two attached hydrogens (primary N) is 1. The number of aromatic nitrogens is 1.